The first-order valence-electron chi connectivity index (χ1n) is 6.91. The van der Waals surface area contributed by atoms with Gasteiger partial charge in [-0.05, 0) is 37.6 Å². The monoisotopic (exact) mass is 275 g/mol. The second kappa shape index (κ2) is 5.34. The first-order valence-corrected chi connectivity index (χ1v) is 6.91. The van der Waals surface area contributed by atoms with Gasteiger partial charge in [0.2, 0.25) is 0 Å². The number of benzene rings is 1. The second-order valence-corrected chi connectivity index (χ2v) is 5.49. The Bertz CT molecular complexity index is 682. The molecule has 0 spiro atoms. The number of nitrogens with zero attached hydrogens (tertiary/aromatic N) is 1. The molecule has 0 aliphatic carbocycles. The Labute approximate surface area is 116 Å². The highest BCUT2D eigenvalue weighted by atomic mass is 19.1. The molecular formula is C15H18FN3O. The second-order valence-electron chi connectivity index (χ2n) is 5.49. The van der Waals surface area contributed by atoms with Crippen molar-refractivity contribution in [3.05, 3.63) is 46.0 Å². The number of aromatic amines is 1. The lowest BCUT2D eigenvalue weighted by Gasteiger charge is -2.30. The predicted molar refractivity (Wildman–Crippen MR) is 77.0 cm³/mol. The normalized spacial score (nSPS) is 20.4. The minimum Gasteiger partial charge on any atom is -0.357 e. The molecule has 1 saturated heterocycles. The summed E-state index contributed by atoms with van der Waals surface area (Å²) in [6, 6.07) is 6.01. The lowest BCUT2D eigenvalue weighted by molar-refractivity contribution is 0.199. The lowest BCUT2D eigenvalue weighted by Crippen LogP contribution is -2.42. The fourth-order valence-electron chi connectivity index (χ4n) is 2.84. The molecule has 5 heteroatoms. The summed E-state index contributed by atoms with van der Waals surface area (Å²) in [5.41, 5.74) is 7.34. The van der Waals surface area contributed by atoms with Crippen molar-refractivity contribution in [2.45, 2.75) is 25.4 Å². The minimum atomic E-state index is -0.391. The summed E-state index contributed by atoms with van der Waals surface area (Å²) in [6.45, 7) is 2.52. The van der Waals surface area contributed by atoms with Gasteiger partial charge in [-0.25, -0.2) is 4.39 Å². The topological polar surface area (TPSA) is 62.1 Å². The van der Waals surface area contributed by atoms with E-state index in [9.17, 15) is 9.18 Å². The lowest BCUT2D eigenvalue weighted by atomic mass is 10.1. The predicted octanol–water partition coefficient (Wildman–Crippen LogP) is 1.59. The fraction of sp³-hybridized carbons (Fsp3) is 0.400. The van der Waals surface area contributed by atoms with Gasteiger partial charge in [0.25, 0.3) is 0 Å². The van der Waals surface area contributed by atoms with E-state index in [0.29, 0.717) is 17.4 Å². The van der Waals surface area contributed by atoms with Crippen LogP contribution >= 0.6 is 0 Å². The third-order valence-corrected chi connectivity index (χ3v) is 3.78. The van der Waals surface area contributed by atoms with Crippen molar-refractivity contribution in [2.75, 3.05) is 13.1 Å². The maximum absolute atomic E-state index is 13.2. The molecule has 0 unspecified atom stereocenters. The molecule has 3 rings (SSSR count). The van der Waals surface area contributed by atoms with Gasteiger partial charge in [-0.3, -0.25) is 9.69 Å². The van der Waals surface area contributed by atoms with Crippen LogP contribution in [0.3, 0.4) is 0 Å². The van der Waals surface area contributed by atoms with E-state index in [2.05, 4.69) is 9.88 Å². The summed E-state index contributed by atoms with van der Waals surface area (Å²) in [4.78, 5) is 17.5. The Morgan fingerprint density at radius 3 is 3.05 bits per heavy atom. The molecule has 2 aromatic rings. The Morgan fingerprint density at radius 1 is 1.40 bits per heavy atom. The number of pyridine rings is 1. The molecule has 4 nitrogen and oxygen atoms in total. The average molecular weight is 275 g/mol. The van der Waals surface area contributed by atoms with Gasteiger partial charge in [0.05, 0.1) is 0 Å². The van der Waals surface area contributed by atoms with Crippen molar-refractivity contribution < 1.29 is 4.39 Å². The van der Waals surface area contributed by atoms with Crippen LogP contribution in [0.15, 0.2) is 29.1 Å². The summed E-state index contributed by atoms with van der Waals surface area (Å²) < 4.78 is 13.2. The zero-order valence-corrected chi connectivity index (χ0v) is 11.2. The number of rotatable bonds is 2. The van der Waals surface area contributed by atoms with Gasteiger partial charge < -0.3 is 10.7 Å². The van der Waals surface area contributed by atoms with Gasteiger partial charge >= 0.3 is 0 Å². The molecule has 0 radical (unpaired) electrons. The summed E-state index contributed by atoms with van der Waals surface area (Å²) in [5, 5.41) is 0.393. The first kappa shape index (κ1) is 13.3. The van der Waals surface area contributed by atoms with E-state index < -0.39 is 5.82 Å². The Morgan fingerprint density at radius 2 is 2.25 bits per heavy atom. The standard InChI is InChI=1S/C15H18FN3O/c16-10-3-4-14-13(6-10)15(20)7-12(18-14)9-19-5-1-2-11(17)8-19/h3-4,6-7,11H,1-2,5,8-9,17H2,(H,18,20)/t11-/m0/s1. The molecule has 0 saturated carbocycles. The number of fused-ring (bicyclic) bond motifs is 1. The molecule has 20 heavy (non-hydrogen) atoms. The van der Waals surface area contributed by atoms with Crippen molar-refractivity contribution in [2.24, 2.45) is 5.73 Å². The van der Waals surface area contributed by atoms with Crippen LogP contribution in [-0.2, 0) is 6.54 Å². The maximum atomic E-state index is 13.2. The maximum Gasteiger partial charge on any atom is 0.189 e. The summed E-state index contributed by atoms with van der Waals surface area (Å²) in [6.07, 6.45) is 2.15. The van der Waals surface area contributed by atoms with Crippen molar-refractivity contribution in [1.29, 1.82) is 0 Å². The van der Waals surface area contributed by atoms with Gasteiger partial charge in [0.1, 0.15) is 5.82 Å². The van der Waals surface area contributed by atoms with Crippen LogP contribution in [-0.4, -0.2) is 29.0 Å². The van der Waals surface area contributed by atoms with Gasteiger partial charge in [-0.15, -0.1) is 0 Å². The minimum absolute atomic E-state index is 0.144. The number of piperidine rings is 1. The first-order chi connectivity index (χ1) is 9.61. The van der Waals surface area contributed by atoms with Gasteiger partial charge in [-0.2, -0.15) is 0 Å². The Balaban J connectivity index is 1.89. The number of halogens is 1. The van der Waals surface area contributed by atoms with E-state index >= 15 is 0 Å². The number of hydrogen-bond donors (Lipinski definition) is 2. The van der Waals surface area contributed by atoms with Crippen LogP contribution in [0.25, 0.3) is 10.9 Å². The molecule has 1 aromatic heterocycles. The van der Waals surface area contributed by atoms with Crippen molar-refractivity contribution in [3.8, 4) is 0 Å². The third-order valence-electron chi connectivity index (χ3n) is 3.78. The van der Waals surface area contributed by atoms with Crippen LogP contribution in [0.5, 0.6) is 0 Å². The average Bonchev–Trinajstić information content (AvgIpc) is 2.40. The van der Waals surface area contributed by atoms with E-state index in [0.717, 1.165) is 31.6 Å². The Kier molecular flexibility index (Phi) is 3.54. The number of nitrogens with two attached hydrogens (primary N) is 1. The molecule has 1 aliphatic rings. The van der Waals surface area contributed by atoms with Crippen LogP contribution in [0.2, 0.25) is 0 Å². The van der Waals surface area contributed by atoms with Crippen molar-refractivity contribution in [3.63, 3.8) is 0 Å². The molecule has 1 atom stereocenters. The van der Waals surface area contributed by atoms with E-state index in [1.807, 2.05) is 0 Å². The highest BCUT2D eigenvalue weighted by molar-refractivity contribution is 5.78. The number of nitrogens with one attached hydrogen (secondary N) is 1. The van der Waals surface area contributed by atoms with E-state index in [1.165, 1.54) is 12.1 Å². The SMILES string of the molecule is N[C@H]1CCCN(Cc2cc(=O)c3cc(F)ccc3[nH]2)C1. The summed E-state index contributed by atoms with van der Waals surface area (Å²) in [7, 11) is 0. The molecule has 106 valence electrons. The van der Waals surface area contributed by atoms with Gasteiger partial charge in [0, 0.05) is 41.8 Å². The fourth-order valence-corrected chi connectivity index (χ4v) is 2.84. The van der Waals surface area contributed by atoms with Crippen molar-refractivity contribution >= 4 is 10.9 Å². The summed E-state index contributed by atoms with van der Waals surface area (Å²) >= 11 is 0. The molecule has 0 bridgehead atoms. The zero-order chi connectivity index (χ0) is 14.1. The molecule has 2 heterocycles. The molecular weight excluding hydrogens is 257 g/mol. The number of likely N-dealkylation sites (tertiary alicyclic amines) is 1. The highest BCUT2D eigenvalue weighted by Crippen LogP contribution is 2.14. The summed E-state index contributed by atoms with van der Waals surface area (Å²) in [5.74, 6) is -0.391. The number of hydrogen-bond acceptors (Lipinski definition) is 3. The molecule has 1 aromatic carbocycles. The van der Waals surface area contributed by atoms with E-state index in [4.69, 9.17) is 5.73 Å². The van der Waals surface area contributed by atoms with Crippen molar-refractivity contribution in [1.82, 2.24) is 9.88 Å². The quantitative estimate of drug-likeness (QED) is 0.875. The zero-order valence-electron chi connectivity index (χ0n) is 11.2. The third kappa shape index (κ3) is 2.73. The van der Waals surface area contributed by atoms with Crippen LogP contribution in [0.1, 0.15) is 18.5 Å². The number of H-pyrrole nitrogens is 1. The van der Waals surface area contributed by atoms with Crippen LogP contribution in [0.4, 0.5) is 4.39 Å². The van der Waals surface area contributed by atoms with E-state index in [-0.39, 0.29) is 11.5 Å². The smallest absolute Gasteiger partial charge is 0.189 e. The van der Waals surface area contributed by atoms with Crippen LogP contribution < -0.4 is 11.2 Å². The van der Waals surface area contributed by atoms with Gasteiger partial charge in [-0.1, -0.05) is 0 Å². The highest BCUT2D eigenvalue weighted by Gasteiger charge is 2.17. The number of aromatic nitrogens is 1. The molecule has 1 fully saturated rings. The largest absolute Gasteiger partial charge is 0.357 e. The Hall–Kier alpha value is -1.72. The molecule has 0 amide bonds. The van der Waals surface area contributed by atoms with E-state index in [1.54, 1.807) is 12.1 Å². The van der Waals surface area contributed by atoms with Crippen LogP contribution in [0, 0.1) is 5.82 Å². The molecule has 1 aliphatic heterocycles. The van der Waals surface area contributed by atoms with Gasteiger partial charge in [0.15, 0.2) is 5.43 Å². The molecule has 3 N–H and O–H groups in total.